The molecule has 2 heteroatoms. The first-order chi connectivity index (χ1) is 4.41. The maximum absolute atomic E-state index is 6.88. The average Bonchev–Trinajstić information content (AvgIpc) is 1.89. The Morgan fingerprint density at radius 3 is 1.90 bits per heavy atom. The summed E-state index contributed by atoms with van der Waals surface area (Å²) in [6, 6.07) is 0. The van der Waals surface area contributed by atoms with Gasteiger partial charge in [0.2, 0.25) is 0 Å². The van der Waals surface area contributed by atoms with Crippen LogP contribution >= 0.6 is 0 Å². The van der Waals surface area contributed by atoms with E-state index in [2.05, 4.69) is 6.92 Å². The van der Waals surface area contributed by atoms with Crippen LogP contribution in [0.15, 0.2) is 0 Å². The Morgan fingerprint density at radius 2 is 1.40 bits per heavy atom. The minimum absolute atomic E-state index is 0. The third-order valence-corrected chi connectivity index (χ3v) is 1.53. The van der Waals surface area contributed by atoms with Crippen molar-refractivity contribution in [1.82, 2.24) is 0 Å². The van der Waals surface area contributed by atoms with E-state index < -0.39 is 0 Å². The molecular formula is C8H18NNa. The molecule has 0 heterocycles. The van der Waals surface area contributed by atoms with Crippen LogP contribution in [0.5, 0.6) is 0 Å². The maximum Gasteiger partial charge on any atom is 1.00 e. The van der Waals surface area contributed by atoms with Crippen LogP contribution < -0.4 is 29.6 Å². The SMILES string of the molecule is CCCCCCCC[NH-].[Na+]. The Bertz CT molecular complexity index is 42.5. The van der Waals surface area contributed by atoms with Crippen molar-refractivity contribution in [2.24, 2.45) is 0 Å². The second-order valence-electron chi connectivity index (χ2n) is 2.52. The first-order valence-corrected chi connectivity index (χ1v) is 4.06. The molecule has 1 N–H and O–H groups in total. The average molecular weight is 151 g/mol. The Morgan fingerprint density at radius 1 is 0.900 bits per heavy atom. The summed E-state index contributed by atoms with van der Waals surface area (Å²) in [5, 5.41) is 0. The van der Waals surface area contributed by atoms with E-state index in [0.717, 1.165) is 6.42 Å². The Balaban J connectivity index is 0. The van der Waals surface area contributed by atoms with Crippen molar-refractivity contribution in [3.63, 3.8) is 0 Å². The van der Waals surface area contributed by atoms with Gasteiger partial charge in [0.15, 0.2) is 0 Å². The van der Waals surface area contributed by atoms with Crippen LogP contribution in [-0.2, 0) is 0 Å². The van der Waals surface area contributed by atoms with Crippen LogP contribution in [0.1, 0.15) is 45.4 Å². The van der Waals surface area contributed by atoms with Gasteiger partial charge in [-0.1, -0.05) is 45.4 Å². The molecule has 0 aromatic heterocycles. The zero-order valence-electron chi connectivity index (χ0n) is 7.45. The quantitative estimate of drug-likeness (QED) is 0.388. The number of hydrogen-bond donors (Lipinski definition) is 0. The second kappa shape index (κ2) is 12.6. The molecule has 0 aromatic carbocycles. The Hall–Kier alpha value is 0.960. The monoisotopic (exact) mass is 151 g/mol. The molecule has 0 aliphatic rings. The van der Waals surface area contributed by atoms with Crippen LogP contribution in [0.3, 0.4) is 0 Å². The molecule has 10 heavy (non-hydrogen) atoms. The van der Waals surface area contributed by atoms with Gasteiger partial charge in [0, 0.05) is 0 Å². The van der Waals surface area contributed by atoms with Gasteiger partial charge in [-0.2, -0.15) is 6.54 Å². The molecule has 0 radical (unpaired) electrons. The molecule has 0 rings (SSSR count). The first-order valence-electron chi connectivity index (χ1n) is 4.06. The molecule has 0 saturated heterocycles. The van der Waals surface area contributed by atoms with Crippen molar-refractivity contribution in [3.05, 3.63) is 5.73 Å². The molecule has 0 saturated carbocycles. The van der Waals surface area contributed by atoms with Crippen LogP contribution in [0.25, 0.3) is 5.73 Å². The van der Waals surface area contributed by atoms with Crippen molar-refractivity contribution in [3.8, 4) is 0 Å². The van der Waals surface area contributed by atoms with Crippen LogP contribution in [0.4, 0.5) is 0 Å². The molecule has 56 valence electrons. The number of hydrogen-bond acceptors (Lipinski definition) is 0. The van der Waals surface area contributed by atoms with E-state index in [1.54, 1.807) is 0 Å². The summed E-state index contributed by atoms with van der Waals surface area (Å²) in [6.07, 6.45) is 7.77. The Kier molecular flexibility index (Phi) is 17.1. The van der Waals surface area contributed by atoms with Crippen molar-refractivity contribution >= 4 is 0 Å². The number of rotatable bonds is 6. The molecule has 1 nitrogen and oxygen atoms in total. The fourth-order valence-corrected chi connectivity index (χ4v) is 0.905. The van der Waals surface area contributed by atoms with Crippen molar-refractivity contribution < 1.29 is 29.6 Å². The zero-order chi connectivity index (χ0) is 6.95. The van der Waals surface area contributed by atoms with Gasteiger partial charge < -0.3 is 5.73 Å². The molecule has 0 unspecified atom stereocenters. The van der Waals surface area contributed by atoms with Crippen molar-refractivity contribution in [2.75, 3.05) is 6.54 Å². The van der Waals surface area contributed by atoms with Gasteiger partial charge >= 0.3 is 29.6 Å². The summed E-state index contributed by atoms with van der Waals surface area (Å²) < 4.78 is 0. The molecule has 0 bridgehead atoms. The number of nitrogens with one attached hydrogen (secondary N) is 1. The van der Waals surface area contributed by atoms with Gasteiger partial charge in [0.1, 0.15) is 0 Å². The molecule has 0 atom stereocenters. The smallest absolute Gasteiger partial charge is 0.677 e. The van der Waals surface area contributed by atoms with Gasteiger partial charge in [-0.15, -0.1) is 0 Å². The van der Waals surface area contributed by atoms with E-state index in [9.17, 15) is 0 Å². The summed E-state index contributed by atoms with van der Waals surface area (Å²) in [4.78, 5) is 0. The second-order valence-corrected chi connectivity index (χ2v) is 2.52. The van der Waals surface area contributed by atoms with E-state index >= 15 is 0 Å². The van der Waals surface area contributed by atoms with Crippen LogP contribution in [0.2, 0.25) is 0 Å². The van der Waals surface area contributed by atoms with E-state index in [1.807, 2.05) is 0 Å². The first kappa shape index (κ1) is 13.5. The van der Waals surface area contributed by atoms with Gasteiger partial charge in [-0.05, 0) is 0 Å². The van der Waals surface area contributed by atoms with E-state index in [-0.39, 0.29) is 29.6 Å². The minimum atomic E-state index is 0. The maximum atomic E-state index is 6.88. The zero-order valence-corrected chi connectivity index (χ0v) is 9.45. The van der Waals surface area contributed by atoms with Crippen molar-refractivity contribution in [1.29, 1.82) is 0 Å². The van der Waals surface area contributed by atoms with Gasteiger partial charge in [-0.3, -0.25) is 0 Å². The summed E-state index contributed by atoms with van der Waals surface area (Å²) >= 11 is 0. The minimum Gasteiger partial charge on any atom is -0.677 e. The standard InChI is InChI=1S/C8H18N.Na/c1-2-3-4-5-6-7-8-9;/h9H,2-8H2,1H3;/q-1;+1. The summed E-state index contributed by atoms with van der Waals surface area (Å²) in [5.74, 6) is 0. The third kappa shape index (κ3) is 11.7. The van der Waals surface area contributed by atoms with Crippen molar-refractivity contribution in [2.45, 2.75) is 45.4 Å². The largest absolute Gasteiger partial charge is 1.00 e. The predicted molar refractivity (Wildman–Crippen MR) is 42.6 cm³/mol. The Labute approximate surface area is 87.0 Å². The van der Waals surface area contributed by atoms with E-state index in [1.165, 1.54) is 32.1 Å². The van der Waals surface area contributed by atoms with Gasteiger partial charge in [-0.25, -0.2) is 0 Å². The molecular weight excluding hydrogens is 133 g/mol. The summed E-state index contributed by atoms with van der Waals surface area (Å²) in [6.45, 7) is 2.84. The topological polar surface area (TPSA) is 23.8 Å². The van der Waals surface area contributed by atoms with E-state index in [4.69, 9.17) is 5.73 Å². The molecule has 0 spiro atoms. The fraction of sp³-hybridized carbons (Fsp3) is 1.00. The molecule has 0 fully saturated rings. The molecule has 0 amide bonds. The summed E-state index contributed by atoms with van der Waals surface area (Å²) in [5.41, 5.74) is 6.88. The van der Waals surface area contributed by atoms with Crippen LogP contribution in [-0.4, -0.2) is 6.54 Å². The summed E-state index contributed by atoms with van der Waals surface area (Å²) in [7, 11) is 0. The molecule has 0 aliphatic carbocycles. The van der Waals surface area contributed by atoms with E-state index in [0.29, 0.717) is 6.54 Å². The molecule has 0 aromatic rings. The van der Waals surface area contributed by atoms with Crippen LogP contribution in [0, 0.1) is 0 Å². The third-order valence-electron chi connectivity index (χ3n) is 1.53. The molecule has 0 aliphatic heterocycles. The van der Waals surface area contributed by atoms with Gasteiger partial charge in [0.25, 0.3) is 0 Å². The predicted octanol–water partition coefficient (Wildman–Crippen LogP) is 0.403. The fourth-order valence-electron chi connectivity index (χ4n) is 0.905. The van der Waals surface area contributed by atoms with Gasteiger partial charge in [0.05, 0.1) is 0 Å². The number of unbranched alkanes of at least 4 members (excludes halogenated alkanes) is 5. The normalized spacial score (nSPS) is 9.00.